The Balaban J connectivity index is 1.53. The molecule has 9 nitrogen and oxygen atoms in total. The van der Waals surface area contributed by atoms with E-state index in [1.165, 1.54) is 35.5 Å². The molecule has 1 amide bonds. The average Bonchev–Trinajstić information content (AvgIpc) is 2.83. The maximum absolute atomic E-state index is 12.7. The Labute approximate surface area is 212 Å². The predicted octanol–water partition coefficient (Wildman–Crippen LogP) is 2.86. The normalized spacial score (nSPS) is 15.9. The first-order valence-corrected chi connectivity index (χ1v) is 14.9. The van der Waals surface area contributed by atoms with E-state index >= 15 is 0 Å². The summed E-state index contributed by atoms with van der Waals surface area (Å²) in [7, 11) is -7.24. The Hall–Kier alpha value is -2.34. The largest absolute Gasteiger partial charge is 0.492 e. The number of hydrogen-bond acceptors (Lipinski definition) is 6. The zero-order valence-electron chi connectivity index (χ0n) is 19.7. The number of benzene rings is 2. The van der Waals surface area contributed by atoms with Gasteiger partial charge in [0.05, 0.1) is 23.4 Å². The highest BCUT2D eigenvalue weighted by Gasteiger charge is 2.29. The van der Waals surface area contributed by atoms with E-state index in [4.69, 9.17) is 16.3 Å². The van der Waals surface area contributed by atoms with Crippen LogP contribution in [0.1, 0.15) is 26.2 Å². The van der Waals surface area contributed by atoms with Gasteiger partial charge in [0.25, 0.3) is 0 Å². The van der Waals surface area contributed by atoms with Crippen LogP contribution in [0.15, 0.2) is 53.4 Å². The number of nitrogens with one attached hydrogen (secondary N) is 1. The van der Waals surface area contributed by atoms with E-state index in [2.05, 4.69) is 5.32 Å². The number of hydrogen-bond donors (Lipinski definition) is 1. The van der Waals surface area contributed by atoms with Gasteiger partial charge in [0.15, 0.2) is 0 Å². The molecule has 0 radical (unpaired) electrons. The van der Waals surface area contributed by atoms with Crippen LogP contribution < -0.4 is 14.4 Å². The molecule has 1 aliphatic rings. The van der Waals surface area contributed by atoms with Crippen molar-refractivity contribution in [3.8, 4) is 5.75 Å². The lowest BCUT2D eigenvalue weighted by molar-refractivity contribution is -0.121. The number of nitrogens with zero attached hydrogens (tertiary/aromatic N) is 2. The smallest absolute Gasteiger partial charge is 0.243 e. The molecule has 0 aliphatic carbocycles. The minimum atomic E-state index is -3.73. The fourth-order valence-electron chi connectivity index (χ4n) is 3.85. The van der Waals surface area contributed by atoms with Crippen LogP contribution in [0.25, 0.3) is 0 Å². The highest BCUT2D eigenvalue weighted by Crippen LogP contribution is 2.24. The highest BCUT2D eigenvalue weighted by atomic mass is 35.5. The summed E-state index contributed by atoms with van der Waals surface area (Å²) in [6.07, 6.45) is 3.81. The maximum atomic E-state index is 12.7. The van der Waals surface area contributed by atoms with Gasteiger partial charge in [0.2, 0.25) is 26.0 Å². The first kappa shape index (κ1) is 27.3. The standard InChI is InChI=1S/C23H30ClN3O6S2/c1-18(27(34(2,29)30)20-8-6-19(24)7-9-20)23(28)25-14-17-33-21-10-12-22(13-11-21)35(31,32)26-15-4-3-5-16-26/h6-13,18H,3-5,14-17H2,1-2H3,(H,25,28)/t18-/m0/s1. The lowest BCUT2D eigenvalue weighted by atomic mass is 10.2. The Morgan fingerprint density at radius 2 is 1.63 bits per heavy atom. The number of piperidine rings is 1. The van der Waals surface area contributed by atoms with Gasteiger partial charge in [0.1, 0.15) is 18.4 Å². The number of sulfonamides is 2. The molecule has 1 heterocycles. The molecule has 1 fully saturated rings. The number of rotatable bonds is 10. The van der Waals surface area contributed by atoms with Crippen LogP contribution in [0.2, 0.25) is 5.02 Å². The van der Waals surface area contributed by atoms with Crippen molar-refractivity contribution >= 4 is 43.2 Å². The first-order chi connectivity index (χ1) is 16.5. The fraction of sp³-hybridized carbons (Fsp3) is 0.435. The quantitative estimate of drug-likeness (QED) is 0.461. The Morgan fingerprint density at radius 3 is 2.20 bits per heavy atom. The minimum absolute atomic E-state index is 0.122. The van der Waals surface area contributed by atoms with Gasteiger partial charge < -0.3 is 10.1 Å². The Bertz CT molecular complexity index is 1210. The molecule has 1 saturated heterocycles. The topological polar surface area (TPSA) is 113 Å². The summed E-state index contributed by atoms with van der Waals surface area (Å²) in [5.41, 5.74) is 0.329. The third kappa shape index (κ3) is 7.09. The molecule has 12 heteroatoms. The number of carbonyl (C=O) groups excluding carboxylic acids is 1. The minimum Gasteiger partial charge on any atom is -0.492 e. The van der Waals surface area contributed by atoms with Crippen molar-refractivity contribution in [2.45, 2.75) is 37.1 Å². The van der Waals surface area contributed by atoms with Crippen molar-refractivity contribution in [3.63, 3.8) is 0 Å². The van der Waals surface area contributed by atoms with Gasteiger partial charge in [-0.1, -0.05) is 18.0 Å². The summed E-state index contributed by atoms with van der Waals surface area (Å²) in [4.78, 5) is 12.8. The van der Waals surface area contributed by atoms with Crippen LogP contribution in [-0.2, 0) is 24.8 Å². The lowest BCUT2D eigenvalue weighted by Crippen LogP contribution is -2.48. The molecule has 192 valence electrons. The molecule has 3 rings (SSSR count). The fourth-order valence-corrected chi connectivity index (χ4v) is 6.67. The third-order valence-corrected chi connectivity index (χ3v) is 9.02. The van der Waals surface area contributed by atoms with Crippen LogP contribution in [0.3, 0.4) is 0 Å². The van der Waals surface area contributed by atoms with Gasteiger partial charge >= 0.3 is 0 Å². The summed E-state index contributed by atoms with van der Waals surface area (Å²) < 4.78 is 58.2. The lowest BCUT2D eigenvalue weighted by Gasteiger charge is -2.28. The molecule has 2 aromatic rings. The molecule has 2 aromatic carbocycles. The molecular formula is C23H30ClN3O6S2. The van der Waals surface area contributed by atoms with E-state index in [1.54, 1.807) is 24.3 Å². The van der Waals surface area contributed by atoms with E-state index in [-0.39, 0.29) is 18.0 Å². The second-order valence-corrected chi connectivity index (χ2v) is 12.5. The zero-order chi connectivity index (χ0) is 25.6. The highest BCUT2D eigenvalue weighted by molar-refractivity contribution is 7.92. The number of ether oxygens (including phenoxy) is 1. The average molecular weight is 544 g/mol. The Kier molecular flexibility index (Phi) is 9.03. The van der Waals surface area contributed by atoms with Crippen molar-refractivity contribution in [2.24, 2.45) is 0 Å². The monoisotopic (exact) mass is 543 g/mol. The summed E-state index contributed by atoms with van der Waals surface area (Å²) in [5, 5.41) is 3.12. The number of amides is 1. The van der Waals surface area contributed by atoms with Crippen molar-refractivity contribution in [1.29, 1.82) is 0 Å². The molecule has 1 N–H and O–H groups in total. The molecule has 35 heavy (non-hydrogen) atoms. The van der Waals surface area contributed by atoms with E-state index < -0.39 is 32.0 Å². The van der Waals surface area contributed by atoms with Crippen molar-refractivity contribution < 1.29 is 26.4 Å². The number of halogens is 1. The molecule has 0 spiro atoms. The molecule has 0 saturated carbocycles. The van der Waals surface area contributed by atoms with Crippen LogP contribution in [0.5, 0.6) is 5.75 Å². The van der Waals surface area contributed by atoms with Gasteiger partial charge in [-0.25, -0.2) is 16.8 Å². The van der Waals surface area contributed by atoms with Crippen molar-refractivity contribution in [3.05, 3.63) is 53.6 Å². The molecule has 0 bridgehead atoms. The zero-order valence-corrected chi connectivity index (χ0v) is 22.1. The van der Waals surface area contributed by atoms with Gasteiger partial charge in [-0.3, -0.25) is 9.10 Å². The molecular weight excluding hydrogens is 514 g/mol. The van der Waals surface area contributed by atoms with E-state index in [0.717, 1.165) is 29.8 Å². The first-order valence-electron chi connectivity index (χ1n) is 11.3. The number of anilines is 1. The van der Waals surface area contributed by atoms with Gasteiger partial charge in [-0.15, -0.1) is 0 Å². The van der Waals surface area contributed by atoms with Crippen LogP contribution in [-0.4, -0.2) is 65.6 Å². The van der Waals surface area contributed by atoms with Crippen LogP contribution in [0, 0.1) is 0 Å². The van der Waals surface area contributed by atoms with Gasteiger partial charge in [-0.2, -0.15) is 4.31 Å². The third-order valence-electron chi connectivity index (χ3n) is 5.62. The SMILES string of the molecule is C[C@@H](C(=O)NCCOc1ccc(S(=O)(=O)N2CCCCC2)cc1)N(c1ccc(Cl)cc1)S(C)(=O)=O. The van der Waals surface area contributed by atoms with Crippen molar-refractivity contribution in [2.75, 3.05) is 36.8 Å². The van der Waals surface area contributed by atoms with E-state index in [1.807, 2.05) is 0 Å². The van der Waals surface area contributed by atoms with Gasteiger partial charge in [-0.05, 0) is 68.3 Å². The van der Waals surface area contributed by atoms with Gasteiger partial charge in [0, 0.05) is 18.1 Å². The summed E-state index contributed by atoms with van der Waals surface area (Å²) in [6, 6.07) is 11.3. The predicted molar refractivity (Wildman–Crippen MR) is 136 cm³/mol. The maximum Gasteiger partial charge on any atom is 0.243 e. The summed E-state index contributed by atoms with van der Waals surface area (Å²) in [5.74, 6) is -0.0271. The molecule has 0 aromatic heterocycles. The second-order valence-electron chi connectivity index (χ2n) is 8.29. The molecule has 1 atom stereocenters. The number of carbonyl (C=O) groups is 1. The Morgan fingerprint density at radius 1 is 1.03 bits per heavy atom. The second kappa shape index (κ2) is 11.6. The summed E-state index contributed by atoms with van der Waals surface area (Å²) >= 11 is 5.88. The summed E-state index contributed by atoms with van der Waals surface area (Å²) in [6.45, 7) is 2.82. The van der Waals surface area contributed by atoms with Crippen LogP contribution >= 0.6 is 11.6 Å². The molecule has 1 aliphatic heterocycles. The molecule has 0 unspecified atom stereocenters. The van der Waals surface area contributed by atoms with E-state index in [0.29, 0.717) is 29.5 Å². The van der Waals surface area contributed by atoms with Crippen LogP contribution in [0.4, 0.5) is 5.69 Å². The van der Waals surface area contributed by atoms with Crippen molar-refractivity contribution in [1.82, 2.24) is 9.62 Å². The van der Waals surface area contributed by atoms with E-state index in [9.17, 15) is 21.6 Å².